The fraction of sp³-hybridized carbons (Fsp3) is 0.333. The Labute approximate surface area is 136 Å². The molecule has 0 aliphatic carbocycles. The van der Waals surface area contributed by atoms with Crippen molar-refractivity contribution < 1.29 is 37.3 Å². The van der Waals surface area contributed by atoms with Crippen molar-refractivity contribution in [3.8, 4) is 11.5 Å². The van der Waals surface area contributed by atoms with E-state index in [0.29, 0.717) is 5.69 Å². The molecule has 0 aromatic heterocycles. The molecule has 0 atom stereocenters. The van der Waals surface area contributed by atoms with Gasteiger partial charge < -0.3 is 24.3 Å². The van der Waals surface area contributed by atoms with Crippen molar-refractivity contribution >= 4 is 17.6 Å². The van der Waals surface area contributed by atoms with Crippen LogP contribution in [0.1, 0.15) is 13.8 Å². The third-order valence-electron chi connectivity index (χ3n) is 2.88. The Morgan fingerprint density at radius 3 is 2.33 bits per heavy atom. The fourth-order valence-corrected chi connectivity index (χ4v) is 1.88. The van der Waals surface area contributed by atoms with E-state index < -0.39 is 24.3 Å². The van der Waals surface area contributed by atoms with E-state index in [0.717, 1.165) is 6.20 Å². The number of anilines is 1. The first kappa shape index (κ1) is 17.5. The predicted octanol–water partition coefficient (Wildman–Crippen LogP) is 2.43. The molecule has 7 nitrogen and oxygen atoms in total. The van der Waals surface area contributed by atoms with Gasteiger partial charge in [-0.2, -0.15) is 8.78 Å². The summed E-state index contributed by atoms with van der Waals surface area (Å²) in [4.78, 5) is 23.6. The van der Waals surface area contributed by atoms with Crippen molar-refractivity contribution in [1.29, 1.82) is 0 Å². The molecule has 0 saturated carbocycles. The zero-order chi connectivity index (χ0) is 17.9. The van der Waals surface area contributed by atoms with Gasteiger partial charge in [0.05, 0.1) is 7.11 Å². The quantitative estimate of drug-likeness (QED) is 0.499. The molecule has 1 aliphatic rings. The summed E-state index contributed by atoms with van der Waals surface area (Å²) < 4.78 is 43.7. The van der Waals surface area contributed by atoms with Crippen molar-refractivity contribution in [2.75, 3.05) is 12.4 Å². The number of nitrogens with one attached hydrogen (secondary N) is 1. The number of benzene rings is 1. The van der Waals surface area contributed by atoms with Crippen LogP contribution in [0.25, 0.3) is 0 Å². The first-order valence-corrected chi connectivity index (χ1v) is 6.78. The van der Waals surface area contributed by atoms with Crippen LogP contribution in [0.2, 0.25) is 0 Å². The largest absolute Gasteiger partial charge is 0.493 e. The third-order valence-corrected chi connectivity index (χ3v) is 2.88. The highest BCUT2D eigenvalue weighted by Crippen LogP contribution is 2.31. The van der Waals surface area contributed by atoms with Crippen molar-refractivity contribution in [1.82, 2.24) is 0 Å². The van der Waals surface area contributed by atoms with Crippen molar-refractivity contribution in [3.05, 3.63) is 30.0 Å². The highest BCUT2D eigenvalue weighted by molar-refractivity contribution is 6.15. The van der Waals surface area contributed by atoms with Crippen LogP contribution in [0.4, 0.5) is 14.5 Å². The standard InChI is InChI=1S/C15H15F2NO6/c1-15(2)23-12(19)9(13(20)24-15)7-18-8-4-5-10(22-14(16)17)11(6-8)21-3/h4-7,14,18H,1-3H3. The van der Waals surface area contributed by atoms with Crippen LogP contribution in [0.15, 0.2) is 30.0 Å². The average molecular weight is 343 g/mol. The van der Waals surface area contributed by atoms with Crippen molar-refractivity contribution in [2.24, 2.45) is 0 Å². The molecule has 1 aliphatic heterocycles. The number of ether oxygens (including phenoxy) is 4. The number of hydrogen-bond acceptors (Lipinski definition) is 7. The number of methoxy groups -OCH3 is 1. The number of halogens is 2. The number of carbonyl (C=O) groups is 2. The van der Waals surface area contributed by atoms with Crippen LogP contribution in [0.3, 0.4) is 0 Å². The lowest BCUT2D eigenvalue weighted by atomic mass is 10.2. The zero-order valence-electron chi connectivity index (χ0n) is 13.1. The van der Waals surface area contributed by atoms with E-state index in [-0.39, 0.29) is 17.1 Å². The molecule has 0 spiro atoms. The van der Waals surface area contributed by atoms with E-state index in [1.165, 1.54) is 39.2 Å². The molecule has 0 unspecified atom stereocenters. The second-order valence-electron chi connectivity index (χ2n) is 5.13. The maximum absolute atomic E-state index is 12.3. The number of carbonyl (C=O) groups excluding carboxylic acids is 2. The molecule has 0 amide bonds. The minimum Gasteiger partial charge on any atom is -0.493 e. The fourth-order valence-electron chi connectivity index (χ4n) is 1.88. The first-order valence-electron chi connectivity index (χ1n) is 6.78. The first-order chi connectivity index (χ1) is 11.2. The van der Waals surface area contributed by atoms with Gasteiger partial charge in [-0.15, -0.1) is 0 Å². The van der Waals surface area contributed by atoms with E-state index in [1.54, 1.807) is 0 Å². The zero-order valence-corrected chi connectivity index (χ0v) is 13.1. The second-order valence-corrected chi connectivity index (χ2v) is 5.13. The number of cyclic esters (lactones) is 2. The van der Waals surface area contributed by atoms with Gasteiger partial charge in [-0.3, -0.25) is 0 Å². The monoisotopic (exact) mass is 343 g/mol. The van der Waals surface area contributed by atoms with Crippen molar-refractivity contribution in [2.45, 2.75) is 26.2 Å². The van der Waals surface area contributed by atoms with Gasteiger partial charge in [0.15, 0.2) is 17.1 Å². The maximum Gasteiger partial charge on any atom is 0.387 e. The summed E-state index contributed by atoms with van der Waals surface area (Å²) in [5.41, 5.74) is 0.0348. The Bertz CT molecular complexity index is 665. The smallest absolute Gasteiger partial charge is 0.387 e. The number of alkyl halides is 2. The molecule has 1 aromatic carbocycles. The Morgan fingerprint density at radius 2 is 1.79 bits per heavy atom. The van der Waals surface area contributed by atoms with E-state index >= 15 is 0 Å². The predicted molar refractivity (Wildman–Crippen MR) is 77.6 cm³/mol. The topological polar surface area (TPSA) is 83.1 Å². The second kappa shape index (κ2) is 6.73. The molecule has 0 radical (unpaired) electrons. The normalized spacial score (nSPS) is 16.3. The molecule has 1 heterocycles. The highest BCUT2D eigenvalue weighted by atomic mass is 19.3. The van der Waals surface area contributed by atoms with Gasteiger partial charge in [0.1, 0.15) is 0 Å². The summed E-state index contributed by atoms with van der Waals surface area (Å²) >= 11 is 0. The van der Waals surface area contributed by atoms with E-state index in [9.17, 15) is 18.4 Å². The molecule has 9 heteroatoms. The van der Waals surface area contributed by atoms with Gasteiger partial charge in [0.25, 0.3) is 5.79 Å². The molecule has 2 rings (SSSR count). The maximum atomic E-state index is 12.3. The highest BCUT2D eigenvalue weighted by Gasteiger charge is 2.38. The number of hydrogen-bond donors (Lipinski definition) is 1. The van der Waals surface area contributed by atoms with Gasteiger partial charge in [0, 0.05) is 31.8 Å². The van der Waals surface area contributed by atoms with Crippen LogP contribution in [0, 0.1) is 0 Å². The minimum absolute atomic E-state index is 0.0497. The van der Waals surface area contributed by atoms with Gasteiger partial charge in [-0.1, -0.05) is 0 Å². The lowest BCUT2D eigenvalue weighted by Crippen LogP contribution is -2.42. The Kier molecular flexibility index (Phi) is 4.91. The summed E-state index contributed by atoms with van der Waals surface area (Å²) in [6, 6.07) is 4.02. The molecule has 1 N–H and O–H groups in total. The van der Waals surface area contributed by atoms with E-state index in [1.807, 2.05) is 0 Å². The lowest BCUT2D eigenvalue weighted by Gasteiger charge is -2.29. The van der Waals surface area contributed by atoms with Gasteiger partial charge >= 0.3 is 18.6 Å². The lowest BCUT2D eigenvalue weighted by molar-refractivity contribution is -0.222. The summed E-state index contributed by atoms with van der Waals surface area (Å²) in [5, 5.41) is 2.67. The molecular formula is C15H15F2NO6. The van der Waals surface area contributed by atoms with E-state index in [4.69, 9.17) is 14.2 Å². The molecular weight excluding hydrogens is 328 g/mol. The molecule has 1 saturated heterocycles. The van der Waals surface area contributed by atoms with Crippen LogP contribution in [-0.4, -0.2) is 31.4 Å². The average Bonchev–Trinajstić information content (AvgIpc) is 2.45. The number of esters is 2. The van der Waals surface area contributed by atoms with Gasteiger partial charge in [0.2, 0.25) is 0 Å². The minimum atomic E-state index is -2.99. The Balaban J connectivity index is 2.16. The summed E-state index contributed by atoms with van der Waals surface area (Å²) in [7, 11) is 1.29. The summed E-state index contributed by atoms with van der Waals surface area (Å²) in [6.07, 6.45) is 1.10. The molecule has 24 heavy (non-hydrogen) atoms. The molecule has 1 aromatic rings. The molecule has 1 fully saturated rings. The van der Waals surface area contributed by atoms with Gasteiger partial charge in [-0.25, -0.2) is 9.59 Å². The summed E-state index contributed by atoms with van der Waals surface area (Å²) in [6.45, 7) is -0.130. The Hall–Kier alpha value is -2.84. The Morgan fingerprint density at radius 1 is 1.17 bits per heavy atom. The van der Waals surface area contributed by atoms with Crippen LogP contribution in [-0.2, 0) is 19.1 Å². The SMILES string of the molecule is COc1cc(NC=C2C(=O)OC(C)(C)OC2=O)ccc1OC(F)F. The number of rotatable bonds is 5. The molecule has 0 bridgehead atoms. The van der Waals surface area contributed by atoms with Crippen molar-refractivity contribution in [3.63, 3.8) is 0 Å². The summed E-state index contributed by atoms with van der Waals surface area (Å²) in [5.74, 6) is -3.11. The van der Waals surface area contributed by atoms with Crippen LogP contribution < -0.4 is 14.8 Å². The molecule has 130 valence electrons. The van der Waals surface area contributed by atoms with E-state index in [2.05, 4.69) is 10.1 Å². The van der Waals surface area contributed by atoms with Crippen LogP contribution >= 0.6 is 0 Å². The third kappa shape index (κ3) is 4.12. The van der Waals surface area contributed by atoms with Crippen LogP contribution in [0.5, 0.6) is 11.5 Å². The van der Waals surface area contributed by atoms with Gasteiger partial charge in [-0.05, 0) is 12.1 Å².